The molecule has 0 fully saturated rings. The number of methoxy groups -OCH3 is 1. The summed E-state index contributed by atoms with van der Waals surface area (Å²) in [6, 6.07) is 9.15. The molecular formula is C16H18ClNO3. The van der Waals surface area contributed by atoms with Gasteiger partial charge >= 0.3 is 0 Å². The number of carbonyl (C=O) groups is 1. The molecule has 0 bridgehead atoms. The second-order valence-electron chi connectivity index (χ2n) is 4.78. The zero-order chi connectivity index (χ0) is 15.4. The molecule has 1 aromatic carbocycles. The van der Waals surface area contributed by atoms with Gasteiger partial charge in [0.05, 0.1) is 5.56 Å². The normalized spacial score (nSPS) is 12.2. The number of amides is 1. The molecule has 1 heterocycles. The molecule has 4 nitrogen and oxygen atoms in total. The van der Waals surface area contributed by atoms with Crippen molar-refractivity contribution in [2.45, 2.75) is 20.0 Å². The molecule has 21 heavy (non-hydrogen) atoms. The van der Waals surface area contributed by atoms with Crippen LogP contribution in [0, 0.1) is 13.8 Å². The summed E-state index contributed by atoms with van der Waals surface area (Å²) in [5.41, 5.74) is 1.39. The lowest BCUT2D eigenvalue weighted by Crippen LogP contribution is -2.29. The molecule has 1 amide bonds. The Bertz CT molecular complexity index is 636. The van der Waals surface area contributed by atoms with Crippen LogP contribution in [0.5, 0.6) is 0 Å². The van der Waals surface area contributed by atoms with E-state index in [0.29, 0.717) is 28.7 Å². The number of hydrogen-bond acceptors (Lipinski definition) is 3. The van der Waals surface area contributed by atoms with Gasteiger partial charge in [-0.25, -0.2) is 0 Å². The lowest BCUT2D eigenvalue weighted by atomic mass is 10.1. The van der Waals surface area contributed by atoms with E-state index in [1.165, 1.54) is 0 Å². The van der Waals surface area contributed by atoms with Gasteiger partial charge in [0.1, 0.15) is 17.6 Å². The van der Waals surface area contributed by atoms with E-state index in [0.717, 1.165) is 5.56 Å². The summed E-state index contributed by atoms with van der Waals surface area (Å²) in [4.78, 5) is 12.2. The van der Waals surface area contributed by atoms with Crippen LogP contribution in [-0.4, -0.2) is 19.6 Å². The molecule has 112 valence electrons. The van der Waals surface area contributed by atoms with E-state index < -0.39 is 0 Å². The average Bonchev–Trinajstić information content (AvgIpc) is 2.80. The van der Waals surface area contributed by atoms with Crippen LogP contribution < -0.4 is 5.32 Å². The van der Waals surface area contributed by atoms with Gasteiger partial charge in [0.2, 0.25) is 0 Å². The molecule has 0 saturated carbocycles. The number of hydrogen-bond donors (Lipinski definition) is 1. The first-order chi connectivity index (χ1) is 10.0. The van der Waals surface area contributed by atoms with Crippen molar-refractivity contribution in [3.05, 3.63) is 58.0 Å². The van der Waals surface area contributed by atoms with Crippen LogP contribution in [0.3, 0.4) is 0 Å². The number of nitrogens with one attached hydrogen (secondary N) is 1. The Hall–Kier alpha value is -1.78. The Morgan fingerprint density at radius 1 is 1.38 bits per heavy atom. The van der Waals surface area contributed by atoms with Gasteiger partial charge in [-0.05, 0) is 26.0 Å². The molecule has 5 heteroatoms. The molecule has 0 aliphatic heterocycles. The largest absolute Gasteiger partial charge is 0.466 e. The fourth-order valence-electron chi connectivity index (χ4n) is 2.19. The average molecular weight is 308 g/mol. The molecule has 0 aliphatic carbocycles. The number of halogens is 1. The minimum absolute atomic E-state index is 0.182. The zero-order valence-electron chi connectivity index (χ0n) is 12.3. The lowest BCUT2D eigenvalue weighted by Gasteiger charge is -2.17. The zero-order valence-corrected chi connectivity index (χ0v) is 13.0. The number of rotatable bonds is 5. The minimum atomic E-state index is -0.295. The van der Waals surface area contributed by atoms with Crippen LogP contribution in [0.15, 0.2) is 34.7 Å². The van der Waals surface area contributed by atoms with Gasteiger partial charge < -0.3 is 14.5 Å². The maximum absolute atomic E-state index is 12.2. The molecule has 0 spiro atoms. The monoisotopic (exact) mass is 307 g/mol. The smallest absolute Gasteiger partial charge is 0.254 e. The van der Waals surface area contributed by atoms with Crippen LogP contribution in [0.4, 0.5) is 0 Å². The minimum Gasteiger partial charge on any atom is -0.466 e. The van der Waals surface area contributed by atoms with Crippen molar-refractivity contribution in [2.24, 2.45) is 0 Å². The summed E-state index contributed by atoms with van der Waals surface area (Å²) in [6.45, 7) is 3.91. The predicted molar refractivity (Wildman–Crippen MR) is 81.7 cm³/mol. The summed E-state index contributed by atoms with van der Waals surface area (Å²) >= 11 is 6.15. The van der Waals surface area contributed by atoms with Crippen molar-refractivity contribution in [2.75, 3.05) is 13.7 Å². The van der Waals surface area contributed by atoms with Crippen LogP contribution in [-0.2, 0) is 4.74 Å². The Morgan fingerprint density at radius 3 is 2.67 bits per heavy atom. The Labute approximate surface area is 129 Å². The molecule has 0 aliphatic rings. The van der Waals surface area contributed by atoms with Crippen LogP contribution in [0.1, 0.15) is 33.5 Å². The molecule has 0 radical (unpaired) electrons. The predicted octanol–water partition coefficient (Wildman–Crippen LogP) is 3.67. The SMILES string of the molecule is COC(CNC(=O)c1cc(C)oc1C)c1ccccc1Cl. The highest BCUT2D eigenvalue weighted by atomic mass is 35.5. The van der Waals surface area contributed by atoms with Crippen molar-refractivity contribution in [1.29, 1.82) is 0 Å². The van der Waals surface area contributed by atoms with Crippen molar-refractivity contribution < 1.29 is 13.9 Å². The summed E-state index contributed by atoms with van der Waals surface area (Å²) < 4.78 is 10.8. The van der Waals surface area contributed by atoms with Gasteiger partial charge in [0.25, 0.3) is 5.91 Å². The summed E-state index contributed by atoms with van der Waals surface area (Å²) in [5.74, 6) is 1.14. The van der Waals surface area contributed by atoms with E-state index in [2.05, 4.69) is 5.32 Å². The highest BCUT2D eigenvalue weighted by molar-refractivity contribution is 6.31. The molecular weight excluding hydrogens is 290 g/mol. The highest BCUT2D eigenvalue weighted by Crippen LogP contribution is 2.24. The molecule has 1 N–H and O–H groups in total. The maximum atomic E-state index is 12.2. The van der Waals surface area contributed by atoms with Crippen LogP contribution in [0.25, 0.3) is 0 Å². The van der Waals surface area contributed by atoms with Crippen molar-refractivity contribution in [1.82, 2.24) is 5.32 Å². The van der Waals surface area contributed by atoms with E-state index in [1.54, 1.807) is 26.2 Å². The van der Waals surface area contributed by atoms with Gasteiger partial charge in [0, 0.05) is 24.2 Å². The third-order valence-corrected chi connectivity index (χ3v) is 3.61. The topological polar surface area (TPSA) is 51.5 Å². The van der Waals surface area contributed by atoms with Gasteiger partial charge in [-0.15, -0.1) is 0 Å². The Balaban J connectivity index is 2.05. The number of aryl methyl sites for hydroxylation is 2. The quantitative estimate of drug-likeness (QED) is 0.917. The summed E-state index contributed by atoms with van der Waals surface area (Å²) in [5, 5.41) is 3.47. The summed E-state index contributed by atoms with van der Waals surface area (Å²) in [7, 11) is 1.59. The first-order valence-corrected chi connectivity index (χ1v) is 7.03. The Kier molecular flexibility index (Phi) is 5.04. The Morgan fingerprint density at radius 2 is 2.10 bits per heavy atom. The molecule has 2 rings (SSSR count). The highest BCUT2D eigenvalue weighted by Gasteiger charge is 2.17. The second-order valence-corrected chi connectivity index (χ2v) is 5.19. The molecule has 0 saturated heterocycles. The van der Waals surface area contributed by atoms with Crippen molar-refractivity contribution in [3.63, 3.8) is 0 Å². The van der Waals surface area contributed by atoms with Gasteiger partial charge in [-0.1, -0.05) is 29.8 Å². The van der Waals surface area contributed by atoms with Gasteiger partial charge in [-0.2, -0.15) is 0 Å². The maximum Gasteiger partial charge on any atom is 0.254 e. The number of carbonyl (C=O) groups excluding carboxylic acids is 1. The first-order valence-electron chi connectivity index (χ1n) is 6.65. The molecule has 1 unspecified atom stereocenters. The number of furan rings is 1. The number of benzene rings is 1. The number of ether oxygens (including phenoxy) is 1. The van der Waals surface area contributed by atoms with Crippen LogP contribution >= 0.6 is 11.6 Å². The van der Waals surface area contributed by atoms with E-state index in [1.807, 2.05) is 25.1 Å². The lowest BCUT2D eigenvalue weighted by molar-refractivity contribution is 0.0827. The van der Waals surface area contributed by atoms with E-state index in [4.69, 9.17) is 20.8 Å². The van der Waals surface area contributed by atoms with Crippen LogP contribution in [0.2, 0.25) is 5.02 Å². The van der Waals surface area contributed by atoms with Gasteiger partial charge in [-0.3, -0.25) is 4.79 Å². The first kappa shape index (κ1) is 15.6. The van der Waals surface area contributed by atoms with Crippen molar-refractivity contribution >= 4 is 17.5 Å². The molecule has 1 aromatic heterocycles. The third-order valence-electron chi connectivity index (χ3n) is 3.27. The fraction of sp³-hybridized carbons (Fsp3) is 0.312. The molecule has 2 aromatic rings. The molecule has 1 atom stereocenters. The summed E-state index contributed by atoms with van der Waals surface area (Å²) in [6.07, 6.45) is -0.295. The van der Waals surface area contributed by atoms with E-state index in [-0.39, 0.29) is 12.0 Å². The van der Waals surface area contributed by atoms with Gasteiger partial charge in [0.15, 0.2) is 0 Å². The van der Waals surface area contributed by atoms with E-state index in [9.17, 15) is 4.79 Å². The van der Waals surface area contributed by atoms with Crippen molar-refractivity contribution in [3.8, 4) is 0 Å². The van der Waals surface area contributed by atoms with E-state index >= 15 is 0 Å². The standard InChI is InChI=1S/C16H18ClNO3/c1-10-8-13(11(2)21-10)16(19)18-9-15(20-3)12-6-4-5-7-14(12)17/h4-8,15H,9H2,1-3H3,(H,18,19). The fourth-order valence-corrected chi connectivity index (χ4v) is 2.45. The second kappa shape index (κ2) is 6.78. The third kappa shape index (κ3) is 3.65.